The number of aryl methyl sites for hydroxylation is 1. The van der Waals surface area contributed by atoms with E-state index >= 15 is 0 Å². The molecule has 0 fully saturated rings. The fourth-order valence-corrected chi connectivity index (χ4v) is 1.87. The topological polar surface area (TPSA) is 57.8 Å². The van der Waals surface area contributed by atoms with Gasteiger partial charge >= 0.3 is 0 Å². The highest BCUT2D eigenvalue weighted by Gasteiger charge is 2.10. The lowest BCUT2D eigenvalue weighted by atomic mass is 10.3. The second kappa shape index (κ2) is 4.56. The van der Waals surface area contributed by atoms with E-state index in [0.29, 0.717) is 5.88 Å². The standard InChI is InChI=1S/C13H13N5O/c1-17-8-6-11(16-17)12-5-7-15-18(12)10-3-4-13(19-2)14-9-10/h3-9H,1-2H3. The summed E-state index contributed by atoms with van der Waals surface area (Å²) >= 11 is 0. The highest BCUT2D eigenvalue weighted by molar-refractivity contribution is 5.56. The van der Waals surface area contributed by atoms with E-state index in [4.69, 9.17) is 4.74 Å². The van der Waals surface area contributed by atoms with E-state index in [1.54, 1.807) is 34.9 Å². The van der Waals surface area contributed by atoms with Crippen LogP contribution in [0.3, 0.4) is 0 Å². The number of methoxy groups -OCH3 is 1. The molecule has 0 aliphatic heterocycles. The fourth-order valence-electron chi connectivity index (χ4n) is 1.87. The number of hydrogen-bond acceptors (Lipinski definition) is 4. The molecule has 0 atom stereocenters. The third kappa shape index (κ3) is 2.08. The molecule has 0 bridgehead atoms. The maximum atomic E-state index is 5.05. The summed E-state index contributed by atoms with van der Waals surface area (Å²) in [6.45, 7) is 0. The molecule has 19 heavy (non-hydrogen) atoms. The van der Waals surface area contributed by atoms with Crippen LogP contribution in [0, 0.1) is 0 Å². The zero-order chi connectivity index (χ0) is 13.2. The Bertz CT molecular complexity index is 683. The van der Waals surface area contributed by atoms with Crippen molar-refractivity contribution in [3.8, 4) is 23.0 Å². The summed E-state index contributed by atoms with van der Waals surface area (Å²) in [6.07, 6.45) is 5.37. The first-order valence-electron chi connectivity index (χ1n) is 5.82. The first-order valence-corrected chi connectivity index (χ1v) is 5.82. The molecule has 6 nitrogen and oxygen atoms in total. The molecule has 0 aliphatic carbocycles. The number of ether oxygens (including phenoxy) is 1. The summed E-state index contributed by atoms with van der Waals surface area (Å²) in [4.78, 5) is 4.18. The molecular formula is C13H13N5O. The summed E-state index contributed by atoms with van der Waals surface area (Å²) in [5.74, 6) is 0.579. The van der Waals surface area contributed by atoms with Crippen molar-refractivity contribution in [2.24, 2.45) is 7.05 Å². The lowest BCUT2D eigenvalue weighted by molar-refractivity contribution is 0.397. The van der Waals surface area contributed by atoms with E-state index < -0.39 is 0 Å². The summed E-state index contributed by atoms with van der Waals surface area (Å²) < 4.78 is 8.61. The predicted octanol–water partition coefficient (Wildman–Crippen LogP) is 1.68. The van der Waals surface area contributed by atoms with Gasteiger partial charge < -0.3 is 4.74 Å². The Kier molecular flexibility index (Phi) is 2.75. The normalized spacial score (nSPS) is 10.6. The number of rotatable bonds is 3. The zero-order valence-corrected chi connectivity index (χ0v) is 10.7. The van der Waals surface area contributed by atoms with Crippen LogP contribution in [-0.4, -0.2) is 31.7 Å². The minimum atomic E-state index is 0.579. The average molecular weight is 255 g/mol. The summed E-state index contributed by atoms with van der Waals surface area (Å²) in [5, 5.41) is 8.70. The second-order valence-electron chi connectivity index (χ2n) is 4.06. The molecule has 3 heterocycles. The molecule has 0 amide bonds. The lowest BCUT2D eigenvalue weighted by Crippen LogP contribution is -2.00. The van der Waals surface area contributed by atoms with Crippen molar-refractivity contribution >= 4 is 0 Å². The molecule has 3 aromatic rings. The Morgan fingerprint density at radius 2 is 2.05 bits per heavy atom. The molecule has 0 N–H and O–H groups in total. The van der Waals surface area contributed by atoms with E-state index in [1.165, 1.54) is 0 Å². The second-order valence-corrected chi connectivity index (χ2v) is 4.06. The van der Waals surface area contributed by atoms with Crippen LogP contribution >= 0.6 is 0 Å². The number of nitrogens with zero attached hydrogens (tertiary/aromatic N) is 5. The molecule has 0 unspecified atom stereocenters. The first-order chi connectivity index (χ1) is 9.28. The third-order valence-electron chi connectivity index (χ3n) is 2.79. The van der Waals surface area contributed by atoms with Crippen LogP contribution in [0.4, 0.5) is 0 Å². The van der Waals surface area contributed by atoms with Crippen molar-refractivity contribution in [2.45, 2.75) is 0 Å². The Balaban J connectivity index is 2.03. The molecule has 0 saturated heterocycles. The number of aromatic nitrogens is 5. The molecule has 0 spiro atoms. The molecule has 0 radical (unpaired) electrons. The number of pyridine rings is 1. The lowest BCUT2D eigenvalue weighted by Gasteiger charge is -2.06. The third-order valence-corrected chi connectivity index (χ3v) is 2.79. The van der Waals surface area contributed by atoms with Crippen LogP contribution in [0.2, 0.25) is 0 Å². The molecule has 3 rings (SSSR count). The van der Waals surface area contributed by atoms with Gasteiger partial charge in [-0.25, -0.2) is 9.67 Å². The monoisotopic (exact) mass is 255 g/mol. The smallest absolute Gasteiger partial charge is 0.213 e. The molecule has 0 aromatic carbocycles. The highest BCUT2D eigenvalue weighted by atomic mass is 16.5. The fraction of sp³-hybridized carbons (Fsp3) is 0.154. The Labute approximate surface area is 110 Å². The summed E-state index contributed by atoms with van der Waals surface area (Å²) in [7, 11) is 3.48. The van der Waals surface area contributed by atoms with Crippen LogP contribution in [0.1, 0.15) is 0 Å². The summed E-state index contributed by atoms with van der Waals surface area (Å²) in [6, 6.07) is 7.58. The van der Waals surface area contributed by atoms with Crippen molar-refractivity contribution in [2.75, 3.05) is 7.11 Å². The van der Waals surface area contributed by atoms with Crippen molar-refractivity contribution in [1.82, 2.24) is 24.5 Å². The Morgan fingerprint density at radius 3 is 2.68 bits per heavy atom. The van der Waals surface area contributed by atoms with Crippen LogP contribution in [0.5, 0.6) is 5.88 Å². The van der Waals surface area contributed by atoms with Gasteiger partial charge in [-0.2, -0.15) is 10.2 Å². The molecular weight excluding hydrogens is 242 g/mol. The molecule has 3 aromatic heterocycles. The molecule has 96 valence electrons. The van der Waals surface area contributed by atoms with Gasteiger partial charge in [0.25, 0.3) is 0 Å². The van der Waals surface area contributed by atoms with Gasteiger partial charge in [0.1, 0.15) is 5.69 Å². The van der Waals surface area contributed by atoms with Crippen molar-refractivity contribution in [3.63, 3.8) is 0 Å². The molecule has 6 heteroatoms. The minimum Gasteiger partial charge on any atom is -0.481 e. The van der Waals surface area contributed by atoms with E-state index in [-0.39, 0.29) is 0 Å². The van der Waals surface area contributed by atoms with Crippen LogP contribution in [0.15, 0.2) is 42.9 Å². The predicted molar refractivity (Wildman–Crippen MR) is 70.1 cm³/mol. The molecule has 0 saturated carbocycles. The van der Waals surface area contributed by atoms with Gasteiger partial charge in [-0.1, -0.05) is 0 Å². The zero-order valence-electron chi connectivity index (χ0n) is 10.7. The maximum absolute atomic E-state index is 5.05. The van der Waals surface area contributed by atoms with E-state index in [1.807, 2.05) is 31.4 Å². The Hall–Kier alpha value is -2.63. The van der Waals surface area contributed by atoms with E-state index in [0.717, 1.165) is 17.1 Å². The first kappa shape index (κ1) is 11.5. The van der Waals surface area contributed by atoms with Crippen LogP contribution in [0.25, 0.3) is 17.1 Å². The molecule has 0 aliphatic rings. The van der Waals surface area contributed by atoms with Crippen molar-refractivity contribution in [1.29, 1.82) is 0 Å². The van der Waals surface area contributed by atoms with Gasteiger partial charge in [-0.15, -0.1) is 0 Å². The van der Waals surface area contributed by atoms with Gasteiger partial charge in [-0.3, -0.25) is 4.68 Å². The van der Waals surface area contributed by atoms with E-state index in [2.05, 4.69) is 15.2 Å². The quantitative estimate of drug-likeness (QED) is 0.714. The van der Waals surface area contributed by atoms with Crippen molar-refractivity contribution in [3.05, 3.63) is 42.9 Å². The van der Waals surface area contributed by atoms with Crippen molar-refractivity contribution < 1.29 is 4.74 Å². The summed E-state index contributed by atoms with van der Waals surface area (Å²) in [5.41, 5.74) is 2.66. The van der Waals surface area contributed by atoms with Gasteiger partial charge in [0.2, 0.25) is 5.88 Å². The Morgan fingerprint density at radius 1 is 1.16 bits per heavy atom. The van der Waals surface area contributed by atoms with Gasteiger partial charge in [0.05, 0.1) is 30.9 Å². The average Bonchev–Trinajstić information content (AvgIpc) is 3.07. The van der Waals surface area contributed by atoms with Crippen LogP contribution in [-0.2, 0) is 7.05 Å². The maximum Gasteiger partial charge on any atom is 0.213 e. The highest BCUT2D eigenvalue weighted by Crippen LogP contribution is 2.20. The van der Waals surface area contributed by atoms with Gasteiger partial charge in [0, 0.05) is 19.3 Å². The van der Waals surface area contributed by atoms with Crippen LogP contribution < -0.4 is 4.74 Å². The van der Waals surface area contributed by atoms with Gasteiger partial charge in [0.15, 0.2) is 0 Å². The minimum absolute atomic E-state index is 0.579. The number of hydrogen-bond donors (Lipinski definition) is 0. The van der Waals surface area contributed by atoms with E-state index in [9.17, 15) is 0 Å². The van der Waals surface area contributed by atoms with Gasteiger partial charge in [-0.05, 0) is 18.2 Å². The largest absolute Gasteiger partial charge is 0.481 e. The SMILES string of the molecule is COc1ccc(-n2nccc2-c2ccn(C)n2)cn1.